The van der Waals surface area contributed by atoms with Crippen molar-refractivity contribution in [2.24, 2.45) is 5.92 Å². The predicted octanol–water partition coefficient (Wildman–Crippen LogP) is 3.83. The van der Waals surface area contributed by atoms with Crippen molar-refractivity contribution >= 4 is 17.3 Å². The van der Waals surface area contributed by atoms with Crippen LogP contribution < -0.4 is 5.43 Å². The average molecular weight is 364 g/mol. The van der Waals surface area contributed by atoms with E-state index in [1.165, 1.54) is 17.4 Å². The van der Waals surface area contributed by atoms with E-state index in [0.717, 1.165) is 50.7 Å². The molecule has 1 aliphatic carbocycles. The van der Waals surface area contributed by atoms with Gasteiger partial charge in [0.1, 0.15) is 6.29 Å². The van der Waals surface area contributed by atoms with Crippen molar-refractivity contribution in [1.29, 1.82) is 0 Å². The third-order valence-electron chi connectivity index (χ3n) is 5.91. The van der Waals surface area contributed by atoms with E-state index < -0.39 is 0 Å². The van der Waals surface area contributed by atoms with Crippen LogP contribution >= 0.6 is 0 Å². The molecule has 2 aliphatic rings. The first-order chi connectivity index (χ1) is 13.3. The third kappa shape index (κ3) is 3.77. The highest BCUT2D eigenvalue weighted by Crippen LogP contribution is 2.40. The molecule has 0 radical (unpaired) electrons. The first kappa shape index (κ1) is 17.8. The topological polar surface area (TPSA) is 50.2 Å². The Morgan fingerprint density at radius 3 is 3.04 bits per heavy atom. The minimum Gasteiger partial charge on any atom is -0.375 e. The number of allylic oxidation sites excluding steroid dienone is 2. The molecule has 0 spiro atoms. The Labute approximate surface area is 160 Å². The lowest BCUT2D eigenvalue weighted by molar-refractivity contribution is -0.110. The molecule has 0 bridgehead atoms. The largest absolute Gasteiger partial charge is 0.375 e. The smallest absolute Gasteiger partial charge is 0.158 e. The number of pyridine rings is 1. The van der Waals surface area contributed by atoms with Gasteiger partial charge in [0.15, 0.2) is 5.65 Å². The number of carbonyl (C=O) groups excluding carboxylic acids is 1. The van der Waals surface area contributed by atoms with Gasteiger partial charge in [-0.05, 0) is 68.0 Å². The van der Waals surface area contributed by atoms with Crippen molar-refractivity contribution in [2.45, 2.75) is 44.1 Å². The number of piperidine rings is 1. The molecule has 0 amide bonds. The van der Waals surface area contributed by atoms with E-state index in [1.807, 2.05) is 24.4 Å². The van der Waals surface area contributed by atoms with Gasteiger partial charge in [-0.15, -0.1) is 0 Å². The molecule has 0 aromatic carbocycles. The average Bonchev–Trinajstić information content (AvgIpc) is 3.32. The molecule has 27 heavy (non-hydrogen) atoms. The fraction of sp³-hybridized carbons (Fsp3) is 0.455. The van der Waals surface area contributed by atoms with Crippen LogP contribution in [-0.4, -0.2) is 40.0 Å². The number of nitrogens with zero attached hydrogens (tertiary/aromatic N) is 3. The number of hydrogen-bond donors (Lipinski definition) is 1. The van der Waals surface area contributed by atoms with Gasteiger partial charge in [0, 0.05) is 36.8 Å². The summed E-state index contributed by atoms with van der Waals surface area (Å²) in [6, 6.07) is 4.54. The second-order valence-electron chi connectivity index (χ2n) is 7.78. The molecule has 142 valence electrons. The molecule has 1 saturated heterocycles. The standard InChI is InChI=1S/C22H28N4O/c1-2-3-11-25-12-5-6-19(14-25)24-26-15-21(18-9-8-17(13-18)16-27)20-7-4-10-23-22(20)26/h2-4,7,10-11,15-19,24H,1,5-6,8-9,12-14H2/b11-3+. The Morgan fingerprint density at radius 1 is 1.30 bits per heavy atom. The minimum atomic E-state index is 0.210. The molecule has 2 fully saturated rings. The van der Waals surface area contributed by atoms with Gasteiger partial charge in [0.25, 0.3) is 0 Å². The Morgan fingerprint density at radius 2 is 2.22 bits per heavy atom. The third-order valence-corrected chi connectivity index (χ3v) is 5.91. The highest BCUT2D eigenvalue weighted by molar-refractivity contribution is 5.81. The fourth-order valence-corrected chi connectivity index (χ4v) is 4.56. The maximum atomic E-state index is 11.2. The quantitative estimate of drug-likeness (QED) is 0.625. The van der Waals surface area contributed by atoms with E-state index in [4.69, 9.17) is 0 Å². The molecule has 1 aliphatic heterocycles. The molecule has 2 aromatic rings. The van der Waals surface area contributed by atoms with Crippen LogP contribution in [0, 0.1) is 5.92 Å². The van der Waals surface area contributed by atoms with E-state index in [1.54, 1.807) is 0 Å². The molecule has 1 saturated carbocycles. The molecular weight excluding hydrogens is 336 g/mol. The first-order valence-electron chi connectivity index (χ1n) is 9.99. The number of aldehydes is 1. The van der Waals surface area contributed by atoms with Crippen molar-refractivity contribution < 1.29 is 4.79 Å². The summed E-state index contributed by atoms with van der Waals surface area (Å²) < 4.78 is 2.12. The maximum Gasteiger partial charge on any atom is 0.158 e. The Balaban J connectivity index is 1.56. The highest BCUT2D eigenvalue weighted by atomic mass is 16.1. The lowest BCUT2D eigenvalue weighted by Gasteiger charge is -2.33. The fourth-order valence-electron chi connectivity index (χ4n) is 4.56. The monoisotopic (exact) mass is 364 g/mol. The van der Waals surface area contributed by atoms with Crippen LogP contribution in [0.25, 0.3) is 11.0 Å². The molecule has 5 heteroatoms. The number of likely N-dealkylation sites (tertiary alicyclic amines) is 1. The first-order valence-corrected chi connectivity index (χ1v) is 9.99. The van der Waals surface area contributed by atoms with E-state index in [2.05, 4.69) is 45.0 Å². The summed E-state index contributed by atoms with van der Waals surface area (Å²) in [4.78, 5) is 18.2. The summed E-state index contributed by atoms with van der Waals surface area (Å²) in [6.07, 6.45) is 16.5. The second kappa shape index (κ2) is 7.99. The summed E-state index contributed by atoms with van der Waals surface area (Å²) in [5.41, 5.74) is 6.00. The van der Waals surface area contributed by atoms with Gasteiger partial charge in [-0.3, -0.25) is 0 Å². The molecule has 2 aromatic heterocycles. The number of nitrogens with one attached hydrogen (secondary N) is 1. The molecule has 3 unspecified atom stereocenters. The van der Waals surface area contributed by atoms with Crippen molar-refractivity contribution in [1.82, 2.24) is 14.6 Å². The van der Waals surface area contributed by atoms with Gasteiger partial charge >= 0.3 is 0 Å². The molecule has 4 rings (SSSR count). The van der Waals surface area contributed by atoms with Crippen LogP contribution in [0.3, 0.4) is 0 Å². The van der Waals surface area contributed by atoms with Crippen molar-refractivity contribution in [3.8, 4) is 0 Å². The SMILES string of the molecule is C=C/C=C/N1CCCC(Nn2cc(C3CCC(C=O)C3)c3cccnc32)C1. The van der Waals surface area contributed by atoms with Crippen LogP contribution in [0.1, 0.15) is 43.6 Å². The molecule has 3 atom stereocenters. The van der Waals surface area contributed by atoms with Gasteiger partial charge in [-0.25, -0.2) is 9.66 Å². The number of rotatable bonds is 6. The van der Waals surface area contributed by atoms with Gasteiger partial charge in [0.2, 0.25) is 0 Å². The van der Waals surface area contributed by atoms with E-state index in [-0.39, 0.29) is 5.92 Å². The van der Waals surface area contributed by atoms with Crippen LogP contribution in [0.5, 0.6) is 0 Å². The van der Waals surface area contributed by atoms with E-state index in [9.17, 15) is 4.79 Å². The molecule has 5 nitrogen and oxygen atoms in total. The number of fused-ring (bicyclic) bond motifs is 1. The Bertz CT molecular complexity index is 840. The Hall–Kier alpha value is -2.56. The van der Waals surface area contributed by atoms with Gasteiger partial charge < -0.3 is 15.1 Å². The lowest BCUT2D eigenvalue weighted by Crippen LogP contribution is -2.42. The minimum absolute atomic E-state index is 0.210. The van der Waals surface area contributed by atoms with Crippen LogP contribution in [-0.2, 0) is 4.79 Å². The number of aromatic nitrogens is 2. The molecular formula is C22H28N4O. The number of carbonyl (C=O) groups is 1. The van der Waals surface area contributed by atoms with E-state index >= 15 is 0 Å². The van der Waals surface area contributed by atoms with Crippen LogP contribution in [0.2, 0.25) is 0 Å². The number of hydrogen-bond acceptors (Lipinski definition) is 4. The highest BCUT2D eigenvalue weighted by Gasteiger charge is 2.28. The zero-order chi connectivity index (χ0) is 18.6. The van der Waals surface area contributed by atoms with Gasteiger partial charge in [-0.2, -0.15) is 0 Å². The maximum absolute atomic E-state index is 11.2. The predicted molar refractivity (Wildman–Crippen MR) is 109 cm³/mol. The summed E-state index contributed by atoms with van der Waals surface area (Å²) in [5.74, 6) is 0.662. The zero-order valence-corrected chi connectivity index (χ0v) is 15.8. The summed E-state index contributed by atoms with van der Waals surface area (Å²) >= 11 is 0. The normalized spacial score (nSPS) is 25.9. The summed E-state index contributed by atoms with van der Waals surface area (Å²) in [7, 11) is 0. The summed E-state index contributed by atoms with van der Waals surface area (Å²) in [5, 5.41) is 1.21. The van der Waals surface area contributed by atoms with E-state index in [0.29, 0.717) is 12.0 Å². The van der Waals surface area contributed by atoms with Crippen LogP contribution in [0.15, 0.2) is 49.5 Å². The lowest BCUT2D eigenvalue weighted by atomic mass is 9.97. The van der Waals surface area contributed by atoms with Gasteiger partial charge in [0.05, 0.1) is 6.04 Å². The van der Waals surface area contributed by atoms with Crippen molar-refractivity contribution in [3.63, 3.8) is 0 Å². The van der Waals surface area contributed by atoms with Gasteiger partial charge in [-0.1, -0.05) is 12.7 Å². The molecule has 1 N–H and O–H groups in total. The Kier molecular flexibility index (Phi) is 5.28. The zero-order valence-electron chi connectivity index (χ0n) is 15.8. The second-order valence-corrected chi connectivity index (χ2v) is 7.78. The van der Waals surface area contributed by atoms with Crippen molar-refractivity contribution in [2.75, 3.05) is 18.5 Å². The van der Waals surface area contributed by atoms with Crippen molar-refractivity contribution in [3.05, 3.63) is 55.0 Å². The van der Waals surface area contributed by atoms with Crippen LogP contribution in [0.4, 0.5) is 0 Å². The molecule has 3 heterocycles. The summed E-state index contributed by atoms with van der Waals surface area (Å²) in [6.45, 7) is 5.82.